The molecule has 5 unspecified atom stereocenters. The molecule has 5 atom stereocenters. The zero-order valence-electron chi connectivity index (χ0n) is 22.6. The van der Waals surface area contributed by atoms with Gasteiger partial charge in [-0.15, -0.1) is 11.3 Å². The first kappa shape index (κ1) is 28.0. The normalized spacial score (nSPS) is 21.4. The molecule has 3 amide bonds. The molecular formula is C29H38N4O4S. The first-order chi connectivity index (χ1) is 18.1. The number of ketones is 1. The van der Waals surface area contributed by atoms with Crippen LogP contribution in [0.1, 0.15) is 56.6 Å². The highest BCUT2D eigenvalue weighted by Gasteiger charge is 2.52. The van der Waals surface area contributed by atoms with Crippen molar-refractivity contribution in [1.29, 1.82) is 0 Å². The SMILES string of the molecule is CCC(C)C(N)C(=O)N1CC(=O)C2C1CCN2C(=O)C(CC(C)C)NC(=O)c1ccc(-c2ccccc2)s1. The van der Waals surface area contributed by atoms with Crippen LogP contribution in [0.5, 0.6) is 0 Å². The third kappa shape index (κ3) is 5.68. The van der Waals surface area contributed by atoms with Gasteiger partial charge >= 0.3 is 0 Å². The number of hydrogen-bond donors (Lipinski definition) is 2. The van der Waals surface area contributed by atoms with Crippen molar-refractivity contribution in [2.75, 3.05) is 13.1 Å². The molecule has 2 aliphatic heterocycles. The summed E-state index contributed by atoms with van der Waals surface area (Å²) in [6.45, 7) is 8.24. The smallest absolute Gasteiger partial charge is 0.262 e. The van der Waals surface area contributed by atoms with Gasteiger partial charge in [0.2, 0.25) is 11.8 Å². The Morgan fingerprint density at radius 2 is 1.76 bits per heavy atom. The van der Waals surface area contributed by atoms with Gasteiger partial charge in [-0.2, -0.15) is 0 Å². The molecule has 3 heterocycles. The third-order valence-corrected chi connectivity index (χ3v) is 8.86. The number of amides is 3. The first-order valence-electron chi connectivity index (χ1n) is 13.5. The molecule has 0 saturated carbocycles. The lowest BCUT2D eigenvalue weighted by Gasteiger charge is -2.30. The number of likely N-dealkylation sites (tertiary alicyclic amines) is 2. The molecule has 0 spiro atoms. The number of nitrogens with one attached hydrogen (secondary N) is 1. The quantitative estimate of drug-likeness (QED) is 0.509. The lowest BCUT2D eigenvalue weighted by molar-refractivity contribution is -0.138. The minimum Gasteiger partial charge on any atom is -0.340 e. The molecule has 1 aromatic heterocycles. The maximum absolute atomic E-state index is 13.8. The molecular weight excluding hydrogens is 500 g/mol. The third-order valence-electron chi connectivity index (χ3n) is 7.73. The summed E-state index contributed by atoms with van der Waals surface area (Å²) in [5, 5.41) is 2.94. The van der Waals surface area contributed by atoms with Crippen molar-refractivity contribution in [3.8, 4) is 10.4 Å². The van der Waals surface area contributed by atoms with Crippen molar-refractivity contribution < 1.29 is 19.2 Å². The standard InChI is InChI=1S/C29H38N4O4S/c1-5-18(4)25(30)29(37)33-16-22(34)26-21(33)13-14-32(26)28(36)20(15-17(2)3)31-27(35)24-12-11-23(38-24)19-9-7-6-8-10-19/h6-12,17-18,20-21,25-26H,5,13-16,30H2,1-4H3,(H,31,35). The molecule has 4 rings (SSSR count). The molecule has 1 aromatic carbocycles. The summed E-state index contributed by atoms with van der Waals surface area (Å²) in [7, 11) is 0. The predicted molar refractivity (Wildman–Crippen MR) is 149 cm³/mol. The summed E-state index contributed by atoms with van der Waals surface area (Å²) < 4.78 is 0. The number of nitrogens with zero attached hydrogens (tertiary/aromatic N) is 2. The maximum atomic E-state index is 13.8. The molecule has 2 aliphatic rings. The number of rotatable bonds is 9. The lowest BCUT2D eigenvalue weighted by Crippen LogP contribution is -2.53. The number of carbonyl (C=O) groups excluding carboxylic acids is 4. The highest BCUT2D eigenvalue weighted by atomic mass is 32.1. The van der Waals surface area contributed by atoms with Crippen molar-refractivity contribution in [2.24, 2.45) is 17.6 Å². The molecule has 38 heavy (non-hydrogen) atoms. The van der Waals surface area contributed by atoms with E-state index in [0.29, 0.717) is 24.3 Å². The number of fused-ring (bicyclic) bond motifs is 1. The number of hydrogen-bond acceptors (Lipinski definition) is 6. The van der Waals surface area contributed by atoms with E-state index in [-0.39, 0.29) is 47.9 Å². The van der Waals surface area contributed by atoms with Crippen LogP contribution < -0.4 is 11.1 Å². The molecule has 204 valence electrons. The Hall–Kier alpha value is -3.04. The van der Waals surface area contributed by atoms with E-state index in [9.17, 15) is 19.2 Å². The average Bonchev–Trinajstić information content (AvgIpc) is 3.64. The summed E-state index contributed by atoms with van der Waals surface area (Å²) >= 11 is 1.38. The number of Topliss-reactive ketones (excluding diaryl/α,β-unsaturated/α-hetero) is 1. The van der Waals surface area contributed by atoms with E-state index in [1.54, 1.807) is 15.9 Å². The topological polar surface area (TPSA) is 113 Å². The van der Waals surface area contributed by atoms with Crippen LogP contribution in [0.25, 0.3) is 10.4 Å². The molecule has 9 heteroatoms. The van der Waals surface area contributed by atoms with Crippen LogP contribution in [0, 0.1) is 11.8 Å². The van der Waals surface area contributed by atoms with E-state index in [0.717, 1.165) is 16.9 Å². The van der Waals surface area contributed by atoms with Gasteiger partial charge < -0.3 is 20.9 Å². The van der Waals surface area contributed by atoms with Gasteiger partial charge in [-0.25, -0.2) is 0 Å². The van der Waals surface area contributed by atoms with Crippen LogP contribution in [-0.4, -0.2) is 70.6 Å². The monoisotopic (exact) mass is 538 g/mol. The largest absolute Gasteiger partial charge is 0.340 e. The van der Waals surface area contributed by atoms with E-state index < -0.39 is 18.1 Å². The number of thiophene rings is 1. The number of nitrogens with two attached hydrogens (primary N) is 1. The van der Waals surface area contributed by atoms with Gasteiger partial charge in [0.15, 0.2) is 5.78 Å². The van der Waals surface area contributed by atoms with Crippen molar-refractivity contribution in [3.63, 3.8) is 0 Å². The van der Waals surface area contributed by atoms with Crippen LogP contribution in [0.3, 0.4) is 0 Å². The molecule has 0 aliphatic carbocycles. The molecule has 2 aromatic rings. The first-order valence-corrected chi connectivity index (χ1v) is 14.3. The fourth-order valence-electron chi connectivity index (χ4n) is 5.39. The van der Waals surface area contributed by atoms with E-state index in [1.165, 1.54) is 11.3 Å². The Balaban J connectivity index is 1.48. The summed E-state index contributed by atoms with van der Waals surface area (Å²) in [6, 6.07) is 11.0. The van der Waals surface area contributed by atoms with E-state index in [2.05, 4.69) is 5.32 Å². The molecule has 0 radical (unpaired) electrons. The van der Waals surface area contributed by atoms with Crippen LogP contribution in [0.4, 0.5) is 0 Å². The van der Waals surface area contributed by atoms with Gasteiger partial charge in [-0.3, -0.25) is 19.2 Å². The van der Waals surface area contributed by atoms with Crippen molar-refractivity contribution in [3.05, 3.63) is 47.3 Å². The van der Waals surface area contributed by atoms with Gasteiger partial charge in [0.25, 0.3) is 5.91 Å². The molecule has 0 bridgehead atoms. The fraction of sp³-hybridized carbons (Fsp3) is 0.517. The molecule has 2 saturated heterocycles. The number of benzene rings is 1. The van der Waals surface area contributed by atoms with Crippen molar-refractivity contribution in [1.82, 2.24) is 15.1 Å². The lowest BCUT2D eigenvalue weighted by atomic mass is 9.98. The van der Waals surface area contributed by atoms with Crippen LogP contribution in [-0.2, 0) is 14.4 Å². The zero-order chi connectivity index (χ0) is 27.6. The Kier molecular flexibility index (Phi) is 8.67. The summed E-state index contributed by atoms with van der Waals surface area (Å²) in [6.07, 6.45) is 1.74. The Morgan fingerprint density at radius 3 is 2.42 bits per heavy atom. The second-order valence-corrected chi connectivity index (χ2v) is 11.9. The fourth-order valence-corrected chi connectivity index (χ4v) is 6.30. The molecule has 2 fully saturated rings. The highest BCUT2D eigenvalue weighted by Crippen LogP contribution is 2.32. The Morgan fingerprint density at radius 1 is 1.05 bits per heavy atom. The Labute approximate surface area is 228 Å². The van der Waals surface area contributed by atoms with Crippen LogP contribution >= 0.6 is 11.3 Å². The average molecular weight is 539 g/mol. The van der Waals surface area contributed by atoms with Gasteiger partial charge in [-0.05, 0) is 42.4 Å². The molecule has 3 N–H and O–H groups in total. The second-order valence-electron chi connectivity index (χ2n) is 10.9. The minimum absolute atomic E-state index is 0.00100. The van der Waals surface area contributed by atoms with Crippen LogP contribution in [0.15, 0.2) is 42.5 Å². The highest BCUT2D eigenvalue weighted by molar-refractivity contribution is 7.17. The minimum atomic E-state index is -0.761. The van der Waals surface area contributed by atoms with Gasteiger partial charge in [0.05, 0.1) is 23.5 Å². The summed E-state index contributed by atoms with van der Waals surface area (Å²) in [5.41, 5.74) is 7.23. The second kappa shape index (κ2) is 11.8. The zero-order valence-corrected chi connectivity index (χ0v) is 23.4. The Bertz CT molecular complexity index is 1180. The van der Waals surface area contributed by atoms with Gasteiger partial charge in [0.1, 0.15) is 12.1 Å². The van der Waals surface area contributed by atoms with Crippen molar-refractivity contribution in [2.45, 2.75) is 71.1 Å². The van der Waals surface area contributed by atoms with E-state index in [1.807, 2.05) is 64.1 Å². The summed E-state index contributed by atoms with van der Waals surface area (Å²) in [5.74, 6) is -0.800. The molecule has 8 nitrogen and oxygen atoms in total. The van der Waals surface area contributed by atoms with E-state index >= 15 is 0 Å². The van der Waals surface area contributed by atoms with Gasteiger partial charge in [0, 0.05) is 11.4 Å². The number of carbonyl (C=O) groups is 4. The van der Waals surface area contributed by atoms with Gasteiger partial charge in [-0.1, -0.05) is 64.4 Å². The predicted octanol–water partition coefficient (Wildman–Crippen LogP) is 3.31. The van der Waals surface area contributed by atoms with Crippen LogP contribution in [0.2, 0.25) is 0 Å². The van der Waals surface area contributed by atoms with E-state index in [4.69, 9.17) is 5.73 Å². The maximum Gasteiger partial charge on any atom is 0.262 e. The summed E-state index contributed by atoms with van der Waals surface area (Å²) in [4.78, 5) is 57.8. The van der Waals surface area contributed by atoms with Crippen molar-refractivity contribution >= 4 is 34.8 Å².